The second-order valence-electron chi connectivity index (χ2n) is 6.29. The third kappa shape index (κ3) is 1.93. The molecule has 1 fully saturated rings. The molecule has 0 amide bonds. The van der Waals surface area contributed by atoms with Crippen LogP contribution in [0.1, 0.15) is 36.5 Å². The number of aromatic amines is 1. The summed E-state index contributed by atoms with van der Waals surface area (Å²) in [4.78, 5) is 5.95. The van der Waals surface area contributed by atoms with Crippen molar-refractivity contribution in [3.05, 3.63) is 41.0 Å². The molecule has 4 rings (SSSR count). The van der Waals surface area contributed by atoms with Crippen molar-refractivity contribution in [3.8, 4) is 6.07 Å². The normalized spacial score (nSPS) is 14.7. The molecule has 0 radical (unpaired) electrons. The molecule has 1 aliphatic rings. The summed E-state index contributed by atoms with van der Waals surface area (Å²) in [7, 11) is 0. The Bertz CT molecular complexity index is 940. The van der Waals surface area contributed by atoms with Crippen molar-refractivity contribution in [1.82, 2.24) is 4.98 Å². The molecule has 0 spiro atoms. The van der Waals surface area contributed by atoms with Crippen LogP contribution in [0.15, 0.2) is 24.3 Å². The third-order valence-electron chi connectivity index (χ3n) is 5.04. The van der Waals surface area contributed by atoms with Gasteiger partial charge in [-0.3, -0.25) is 9.88 Å². The maximum absolute atomic E-state index is 9.72. The van der Waals surface area contributed by atoms with Crippen LogP contribution in [0.2, 0.25) is 0 Å². The summed E-state index contributed by atoms with van der Waals surface area (Å²) in [6.45, 7) is 6.46. The van der Waals surface area contributed by atoms with Gasteiger partial charge in [0.2, 0.25) is 11.5 Å². The summed E-state index contributed by atoms with van der Waals surface area (Å²) >= 11 is 0. The zero-order valence-electron chi connectivity index (χ0n) is 13.7. The molecule has 1 N–H and O–H groups in total. The molecule has 0 atom stereocenters. The number of imidazole rings is 1. The van der Waals surface area contributed by atoms with E-state index in [0.29, 0.717) is 0 Å². The van der Waals surface area contributed by atoms with Crippen LogP contribution in [0.5, 0.6) is 0 Å². The Labute approximate surface area is 136 Å². The third-order valence-corrected chi connectivity index (χ3v) is 5.04. The maximum atomic E-state index is 9.72. The number of fused-ring (bicyclic) bond motifs is 3. The summed E-state index contributed by atoms with van der Waals surface area (Å²) in [6, 6.07) is 10.7. The van der Waals surface area contributed by atoms with E-state index in [1.54, 1.807) is 0 Å². The number of nitriles is 1. The van der Waals surface area contributed by atoms with Crippen molar-refractivity contribution in [3.63, 3.8) is 0 Å². The van der Waals surface area contributed by atoms with E-state index in [1.807, 2.05) is 6.07 Å². The largest absolute Gasteiger partial charge is 0.292 e. The number of benzene rings is 1. The minimum Gasteiger partial charge on any atom is -0.292 e. The molecule has 23 heavy (non-hydrogen) atoms. The quantitative estimate of drug-likeness (QED) is 0.739. The molecular weight excluding hydrogens is 284 g/mol. The molecule has 3 aromatic rings. The summed E-state index contributed by atoms with van der Waals surface area (Å²) in [5, 5.41) is 9.72. The monoisotopic (exact) mass is 305 g/mol. The number of nitrogens with zero attached hydrogens (tertiary/aromatic N) is 3. The van der Waals surface area contributed by atoms with Crippen LogP contribution in [-0.4, -0.2) is 18.1 Å². The van der Waals surface area contributed by atoms with Gasteiger partial charge in [-0.1, -0.05) is 19.1 Å². The Hall–Kier alpha value is -2.54. The van der Waals surface area contributed by atoms with Crippen molar-refractivity contribution in [2.75, 3.05) is 18.0 Å². The molecule has 0 bridgehead atoms. The summed E-state index contributed by atoms with van der Waals surface area (Å²) in [5.41, 5.74) is 6.33. The SMILES string of the molecule is CCc1c(C)c(C#N)c2[nH]c3ccccc3[n+]2c1N1CCCC1. The summed E-state index contributed by atoms with van der Waals surface area (Å²) in [5.74, 6) is 1.27. The summed E-state index contributed by atoms with van der Waals surface area (Å²) in [6.07, 6.45) is 3.42. The Morgan fingerprint density at radius 2 is 2.00 bits per heavy atom. The highest BCUT2D eigenvalue weighted by Gasteiger charge is 2.30. The highest BCUT2D eigenvalue weighted by molar-refractivity contribution is 5.78. The number of anilines is 1. The smallest absolute Gasteiger partial charge is 0.250 e. The average Bonchev–Trinajstić information content (AvgIpc) is 3.21. The first-order valence-electron chi connectivity index (χ1n) is 8.39. The van der Waals surface area contributed by atoms with Gasteiger partial charge in [0.05, 0.1) is 13.1 Å². The molecule has 3 heterocycles. The van der Waals surface area contributed by atoms with Gasteiger partial charge in [-0.15, -0.1) is 0 Å². The lowest BCUT2D eigenvalue weighted by Gasteiger charge is -2.19. The molecule has 2 aromatic heterocycles. The van der Waals surface area contributed by atoms with E-state index in [9.17, 15) is 5.26 Å². The van der Waals surface area contributed by atoms with Gasteiger partial charge >= 0.3 is 0 Å². The minimum atomic E-state index is 0.765. The Kier molecular flexibility index (Phi) is 3.23. The number of hydrogen-bond acceptors (Lipinski definition) is 2. The van der Waals surface area contributed by atoms with Crippen molar-refractivity contribution in [2.45, 2.75) is 33.1 Å². The van der Waals surface area contributed by atoms with Gasteiger partial charge in [0, 0.05) is 5.56 Å². The van der Waals surface area contributed by atoms with Crippen LogP contribution in [0.4, 0.5) is 5.82 Å². The van der Waals surface area contributed by atoms with Crippen LogP contribution in [-0.2, 0) is 6.42 Å². The van der Waals surface area contributed by atoms with E-state index in [4.69, 9.17) is 0 Å². The fraction of sp³-hybridized carbons (Fsp3) is 0.368. The van der Waals surface area contributed by atoms with Crippen LogP contribution in [0, 0.1) is 18.3 Å². The molecule has 4 nitrogen and oxygen atoms in total. The fourth-order valence-electron chi connectivity index (χ4n) is 3.92. The topological polar surface area (TPSA) is 46.9 Å². The molecule has 1 aromatic carbocycles. The average molecular weight is 305 g/mol. The standard InChI is InChI=1S/C19H20N4/c1-3-14-13(2)15(12-20)18-21-16-8-4-5-9-17(16)23(18)19(14)22-10-6-7-11-22/h4-5,8-9H,3,6-7,10-11H2,1-2H3/p+1. The number of hydrogen-bond donors (Lipinski definition) is 1. The van der Waals surface area contributed by atoms with Crippen molar-refractivity contribution < 1.29 is 4.40 Å². The van der Waals surface area contributed by atoms with Crippen LogP contribution >= 0.6 is 0 Å². The highest BCUT2D eigenvalue weighted by Crippen LogP contribution is 2.29. The van der Waals surface area contributed by atoms with E-state index in [0.717, 1.165) is 47.3 Å². The minimum absolute atomic E-state index is 0.765. The van der Waals surface area contributed by atoms with Crippen LogP contribution in [0.25, 0.3) is 16.7 Å². The number of H-pyrrole nitrogens is 1. The number of para-hydroxylation sites is 2. The van der Waals surface area contributed by atoms with Crippen LogP contribution in [0.3, 0.4) is 0 Å². The van der Waals surface area contributed by atoms with Crippen LogP contribution < -0.4 is 9.30 Å². The second-order valence-corrected chi connectivity index (χ2v) is 6.29. The molecule has 4 heteroatoms. The molecule has 0 aliphatic carbocycles. The van der Waals surface area contributed by atoms with Gasteiger partial charge in [0.1, 0.15) is 22.7 Å². The van der Waals surface area contributed by atoms with Gasteiger partial charge in [0.25, 0.3) is 0 Å². The fourth-order valence-corrected chi connectivity index (χ4v) is 3.92. The molecule has 116 valence electrons. The van der Waals surface area contributed by atoms with E-state index in [1.165, 1.54) is 24.2 Å². The molecular formula is C19H21N4+. The van der Waals surface area contributed by atoms with Crippen molar-refractivity contribution in [1.29, 1.82) is 5.26 Å². The second kappa shape index (κ2) is 5.27. The maximum Gasteiger partial charge on any atom is 0.250 e. The summed E-state index contributed by atoms with van der Waals surface area (Å²) < 4.78 is 2.27. The van der Waals surface area contributed by atoms with E-state index >= 15 is 0 Å². The number of rotatable bonds is 2. The molecule has 0 saturated carbocycles. The van der Waals surface area contributed by atoms with Gasteiger partial charge < -0.3 is 0 Å². The molecule has 1 aliphatic heterocycles. The Balaban J connectivity index is 2.22. The predicted octanol–water partition coefficient (Wildman–Crippen LogP) is 3.25. The lowest BCUT2D eigenvalue weighted by atomic mass is 10.0. The van der Waals surface area contributed by atoms with Gasteiger partial charge in [0.15, 0.2) is 0 Å². The zero-order valence-corrected chi connectivity index (χ0v) is 13.7. The first kappa shape index (κ1) is 14.1. The van der Waals surface area contributed by atoms with Gasteiger partial charge in [-0.05, 0) is 43.9 Å². The van der Waals surface area contributed by atoms with Crippen molar-refractivity contribution in [2.24, 2.45) is 0 Å². The number of pyridine rings is 1. The molecule has 1 saturated heterocycles. The first-order valence-corrected chi connectivity index (χ1v) is 8.39. The zero-order chi connectivity index (χ0) is 16.0. The predicted molar refractivity (Wildman–Crippen MR) is 91.7 cm³/mol. The van der Waals surface area contributed by atoms with E-state index < -0.39 is 0 Å². The first-order chi connectivity index (χ1) is 11.3. The highest BCUT2D eigenvalue weighted by atomic mass is 15.2. The number of nitrogens with one attached hydrogen (secondary N) is 1. The molecule has 0 unspecified atom stereocenters. The number of aromatic nitrogens is 2. The van der Waals surface area contributed by atoms with Gasteiger partial charge in [-0.25, -0.2) is 0 Å². The Morgan fingerprint density at radius 3 is 2.70 bits per heavy atom. The van der Waals surface area contributed by atoms with E-state index in [2.05, 4.69) is 52.4 Å². The lowest BCUT2D eigenvalue weighted by molar-refractivity contribution is -0.467. The van der Waals surface area contributed by atoms with Crippen molar-refractivity contribution >= 4 is 22.5 Å². The van der Waals surface area contributed by atoms with Gasteiger partial charge in [-0.2, -0.15) is 9.66 Å². The Morgan fingerprint density at radius 1 is 1.26 bits per heavy atom. The van der Waals surface area contributed by atoms with E-state index in [-0.39, 0.29) is 0 Å². The lowest BCUT2D eigenvalue weighted by Crippen LogP contribution is -2.36.